The van der Waals surface area contributed by atoms with Crippen molar-refractivity contribution >= 4 is 28.7 Å². The van der Waals surface area contributed by atoms with Crippen LogP contribution in [0.2, 0.25) is 5.15 Å². The number of imidazole rings is 1. The number of fused-ring (bicyclic) bond motifs is 1. The molecular formula is C11H9ClN6O2. The third-order valence-electron chi connectivity index (χ3n) is 2.85. The topological polar surface area (TPSA) is 110 Å². The second kappa shape index (κ2) is 4.57. The van der Waals surface area contributed by atoms with Crippen molar-refractivity contribution in [2.24, 2.45) is 0 Å². The average molecular weight is 293 g/mol. The second-order valence-electron chi connectivity index (χ2n) is 3.98. The van der Waals surface area contributed by atoms with Gasteiger partial charge in [0.1, 0.15) is 22.6 Å². The second-order valence-corrected chi connectivity index (χ2v) is 4.34. The molecule has 102 valence electrons. The van der Waals surface area contributed by atoms with E-state index in [-0.39, 0.29) is 10.7 Å². The fourth-order valence-electron chi connectivity index (χ4n) is 1.95. The monoisotopic (exact) mass is 292 g/mol. The minimum absolute atomic E-state index is 0.00366. The number of carbonyl (C=O) groups is 1. The van der Waals surface area contributed by atoms with E-state index in [0.29, 0.717) is 29.1 Å². The maximum absolute atomic E-state index is 11.3. The first kappa shape index (κ1) is 12.5. The molecule has 0 bridgehead atoms. The van der Waals surface area contributed by atoms with Crippen LogP contribution in [0.25, 0.3) is 17.0 Å². The SMILES string of the molecule is CCc1nn(-c2ncnc3nc[nH]c23)c(Cl)c1C(=O)O. The quantitative estimate of drug-likeness (QED) is 0.756. The molecule has 20 heavy (non-hydrogen) atoms. The Kier molecular flexibility index (Phi) is 2.87. The van der Waals surface area contributed by atoms with Gasteiger partial charge in [0.25, 0.3) is 0 Å². The molecule has 3 rings (SSSR count). The number of aromatic amines is 1. The van der Waals surface area contributed by atoms with Crippen molar-refractivity contribution in [3.8, 4) is 5.82 Å². The Morgan fingerprint density at radius 3 is 2.90 bits per heavy atom. The van der Waals surface area contributed by atoms with Gasteiger partial charge in [-0.1, -0.05) is 18.5 Å². The molecule has 0 radical (unpaired) electrons. The number of halogens is 1. The molecule has 0 atom stereocenters. The van der Waals surface area contributed by atoms with Gasteiger partial charge in [-0.2, -0.15) is 5.10 Å². The van der Waals surface area contributed by atoms with Gasteiger partial charge in [0.2, 0.25) is 0 Å². The standard InChI is InChI=1S/C11H9ClN6O2/c1-2-5-6(11(19)20)8(12)18(17-5)10-7-9(14-3-13-7)15-4-16-10/h3-4H,2H2,1H3,(H,19,20)(H,13,14,15,16). The summed E-state index contributed by atoms with van der Waals surface area (Å²) in [6.07, 6.45) is 3.24. The van der Waals surface area contributed by atoms with E-state index >= 15 is 0 Å². The van der Waals surface area contributed by atoms with Gasteiger partial charge < -0.3 is 10.1 Å². The van der Waals surface area contributed by atoms with Crippen LogP contribution in [0.4, 0.5) is 0 Å². The zero-order valence-electron chi connectivity index (χ0n) is 10.3. The van der Waals surface area contributed by atoms with Crippen LogP contribution in [0.5, 0.6) is 0 Å². The Balaban J connectivity index is 2.30. The van der Waals surface area contributed by atoms with Crippen molar-refractivity contribution < 1.29 is 9.90 Å². The molecule has 3 heterocycles. The van der Waals surface area contributed by atoms with Gasteiger partial charge in [0.15, 0.2) is 11.5 Å². The van der Waals surface area contributed by atoms with Gasteiger partial charge >= 0.3 is 5.97 Å². The minimum Gasteiger partial charge on any atom is -0.478 e. The average Bonchev–Trinajstić information content (AvgIpc) is 3.02. The number of hydrogen-bond acceptors (Lipinski definition) is 5. The van der Waals surface area contributed by atoms with Crippen LogP contribution in [-0.2, 0) is 6.42 Å². The fraction of sp³-hybridized carbons (Fsp3) is 0.182. The number of hydrogen-bond donors (Lipinski definition) is 2. The number of rotatable bonds is 3. The summed E-state index contributed by atoms with van der Waals surface area (Å²) in [5.41, 5.74) is 1.38. The predicted molar refractivity (Wildman–Crippen MR) is 70.2 cm³/mol. The molecule has 0 aliphatic heterocycles. The van der Waals surface area contributed by atoms with E-state index in [1.807, 2.05) is 0 Å². The molecule has 0 fully saturated rings. The Morgan fingerprint density at radius 1 is 1.45 bits per heavy atom. The number of aryl methyl sites for hydroxylation is 1. The van der Waals surface area contributed by atoms with Crippen molar-refractivity contribution in [3.63, 3.8) is 0 Å². The molecule has 0 aliphatic carbocycles. The van der Waals surface area contributed by atoms with E-state index < -0.39 is 5.97 Å². The van der Waals surface area contributed by atoms with Crippen molar-refractivity contribution in [3.05, 3.63) is 29.1 Å². The molecule has 2 N–H and O–H groups in total. The van der Waals surface area contributed by atoms with E-state index in [0.717, 1.165) is 0 Å². The number of aromatic nitrogens is 6. The Bertz CT molecular complexity index is 808. The first-order valence-corrected chi connectivity index (χ1v) is 6.16. The lowest BCUT2D eigenvalue weighted by Gasteiger charge is -2.02. The molecule has 3 aromatic rings. The van der Waals surface area contributed by atoms with Crippen LogP contribution in [0.15, 0.2) is 12.7 Å². The number of nitrogens with zero attached hydrogens (tertiary/aromatic N) is 5. The van der Waals surface area contributed by atoms with Gasteiger partial charge in [0, 0.05) is 0 Å². The number of carboxylic acid groups (broad SMARTS) is 1. The van der Waals surface area contributed by atoms with Crippen LogP contribution < -0.4 is 0 Å². The number of carboxylic acids is 1. The zero-order valence-corrected chi connectivity index (χ0v) is 11.1. The lowest BCUT2D eigenvalue weighted by atomic mass is 10.2. The van der Waals surface area contributed by atoms with Crippen LogP contribution in [-0.4, -0.2) is 40.8 Å². The summed E-state index contributed by atoms with van der Waals surface area (Å²) in [7, 11) is 0. The summed E-state index contributed by atoms with van der Waals surface area (Å²) in [5.74, 6) is -0.757. The Hall–Kier alpha value is -2.48. The molecule has 3 aromatic heterocycles. The Labute approximate surface area is 117 Å². The third-order valence-corrected chi connectivity index (χ3v) is 3.20. The van der Waals surface area contributed by atoms with Crippen molar-refractivity contribution in [1.82, 2.24) is 29.7 Å². The summed E-state index contributed by atoms with van der Waals surface area (Å²) < 4.78 is 1.28. The molecule has 0 spiro atoms. The van der Waals surface area contributed by atoms with Gasteiger partial charge in [-0.15, -0.1) is 0 Å². The van der Waals surface area contributed by atoms with Gasteiger partial charge in [-0.05, 0) is 6.42 Å². The molecule has 8 nitrogen and oxygen atoms in total. The fourth-order valence-corrected chi connectivity index (χ4v) is 2.26. The van der Waals surface area contributed by atoms with Crippen molar-refractivity contribution in [2.45, 2.75) is 13.3 Å². The summed E-state index contributed by atoms with van der Waals surface area (Å²) >= 11 is 6.13. The molecule has 0 saturated carbocycles. The minimum atomic E-state index is -1.12. The predicted octanol–water partition coefficient (Wildman–Crippen LogP) is 1.45. The van der Waals surface area contributed by atoms with Gasteiger partial charge in [0.05, 0.1) is 12.0 Å². The summed E-state index contributed by atoms with van der Waals surface area (Å²) in [4.78, 5) is 26.3. The summed E-state index contributed by atoms with van der Waals surface area (Å²) in [6.45, 7) is 1.81. The van der Waals surface area contributed by atoms with Crippen molar-refractivity contribution in [1.29, 1.82) is 0 Å². The molecule has 9 heteroatoms. The first-order chi connectivity index (χ1) is 9.63. The highest BCUT2D eigenvalue weighted by Gasteiger charge is 2.23. The first-order valence-electron chi connectivity index (χ1n) is 5.78. The highest BCUT2D eigenvalue weighted by molar-refractivity contribution is 6.33. The van der Waals surface area contributed by atoms with Gasteiger partial charge in [-0.25, -0.2) is 24.4 Å². The number of H-pyrrole nitrogens is 1. The van der Waals surface area contributed by atoms with Gasteiger partial charge in [-0.3, -0.25) is 0 Å². The van der Waals surface area contributed by atoms with Crippen molar-refractivity contribution in [2.75, 3.05) is 0 Å². The largest absolute Gasteiger partial charge is 0.478 e. The molecule has 0 aromatic carbocycles. The van der Waals surface area contributed by atoms with Crippen LogP contribution in [0.3, 0.4) is 0 Å². The van der Waals surface area contributed by atoms with E-state index in [9.17, 15) is 9.90 Å². The molecule has 0 saturated heterocycles. The van der Waals surface area contributed by atoms with Crippen LogP contribution in [0.1, 0.15) is 23.0 Å². The van der Waals surface area contributed by atoms with E-state index in [4.69, 9.17) is 11.6 Å². The maximum Gasteiger partial charge on any atom is 0.340 e. The Morgan fingerprint density at radius 2 is 2.25 bits per heavy atom. The van der Waals surface area contributed by atoms with Crippen LogP contribution >= 0.6 is 11.6 Å². The molecule has 0 unspecified atom stereocenters. The highest BCUT2D eigenvalue weighted by atomic mass is 35.5. The number of aromatic carboxylic acids is 1. The molecular weight excluding hydrogens is 284 g/mol. The lowest BCUT2D eigenvalue weighted by Crippen LogP contribution is -2.03. The van der Waals surface area contributed by atoms with E-state index in [2.05, 4.69) is 25.0 Å². The van der Waals surface area contributed by atoms with Crippen LogP contribution in [0, 0.1) is 0 Å². The maximum atomic E-state index is 11.3. The number of nitrogens with one attached hydrogen (secondary N) is 1. The summed E-state index contributed by atoms with van der Waals surface area (Å²) in [5, 5.41) is 13.4. The molecule has 0 amide bonds. The van der Waals surface area contributed by atoms with E-state index in [1.54, 1.807) is 6.92 Å². The third kappa shape index (κ3) is 1.73. The molecule has 0 aliphatic rings. The highest BCUT2D eigenvalue weighted by Crippen LogP contribution is 2.25. The smallest absolute Gasteiger partial charge is 0.340 e. The summed E-state index contributed by atoms with van der Waals surface area (Å²) in [6, 6.07) is 0. The lowest BCUT2D eigenvalue weighted by molar-refractivity contribution is 0.0696. The zero-order chi connectivity index (χ0) is 14.3. The van der Waals surface area contributed by atoms with E-state index in [1.165, 1.54) is 17.3 Å². The normalized spacial score (nSPS) is 11.1.